The van der Waals surface area contributed by atoms with E-state index in [9.17, 15) is 22.8 Å². The highest BCUT2D eigenvalue weighted by Gasteiger charge is 2.12. The Bertz CT molecular complexity index is 829. The lowest BCUT2D eigenvalue weighted by Crippen LogP contribution is -2.28. The molecular weight excluding hydrogens is 379 g/mol. The molecule has 0 radical (unpaired) electrons. The molecule has 1 amide bonds. The first-order valence-corrected chi connectivity index (χ1v) is 8.16. The van der Waals surface area contributed by atoms with Gasteiger partial charge in [0.2, 0.25) is 0 Å². The van der Waals surface area contributed by atoms with E-state index in [1.54, 1.807) is 6.07 Å². The first-order chi connectivity index (χ1) is 13.4. The fraction of sp³-hybridized carbons (Fsp3) is 0.263. The van der Waals surface area contributed by atoms with E-state index in [1.165, 1.54) is 43.5 Å². The van der Waals surface area contributed by atoms with Crippen molar-refractivity contribution in [3.05, 3.63) is 59.4 Å². The monoisotopic (exact) mass is 397 g/mol. The van der Waals surface area contributed by atoms with Crippen LogP contribution in [0, 0.1) is 5.82 Å². The van der Waals surface area contributed by atoms with Gasteiger partial charge in [0.05, 0.1) is 13.5 Å². The Hall–Kier alpha value is -3.23. The van der Waals surface area contributed by atoms with E-state index in [4.69, 9.17) is 9.47 Å². The second kappa shape index (κ2) is 10.2. The number of methoxy groups -OCH3 is 1. The molecule has 150 valence electrons. The van der Waals surface area contributed by atoms with Crippen molar-refractivity contribution in [3.63, 3.8) is 0 Å². The van der Waals surface area contributed by atoms with Crippen LogP contribution in [-0.2, 0) is 27.3 Å². The van der Waals surface area contributed by atoms with Gasteiger partial charge in [-0.15, -0.1) is 0 Å². The van der Waals surface area contributed by atoms with Gasteiger partial charge in [-0.1, -0.05) is 18.2 Å². The molecule has 0 aliphatic rings. The van der Waals surface area contributed by atoms with Crippen molar-refractivity contribution in [2.24, 2.45) is 0 Å². The molecule has 0 aliphatic heterocycles. The largest absolute Gasteiger partial charge is 0.493 e. The topological polar surface area (TPSA) is 73.9 Å². The molecule has 0 saturated heterocycles. The predicted octanol–water partition coefficient (Wildman–Crippen LogP) is 2.84. The van der Waals surface area contributed by atoms with Crippen LogP contribution in [0.1, 0.15) is 11.1 Å². The Morgan fingerprint density at radius 1 is 1.07 bits per heavy atom. The van der Waals surface area contributed by atoms with Crippen molar-refractivity contribution in [2.75, 3.05) is 13.7 Å². The average Bonchev–Trinajstić information content (AvgIpc) is 2.65. The Morgan fingerprint density at radius 3 is 2.54 bits per heavy atom. The van der Waals surface area contributed by atoms with Gasteiger partial charge in [0.1, 0.15) is 5.82 Å². The van der Waals surface area contributed by atoms with Crippen LogP contribution in [0.3, 0.4) is 0 Å². The van der Waals surface area contributed by atoms with Crippen LogP contribution in [0.15, 0.2) is 42.5 Å². The smallest absolute Gasteiger partial charge is 0.387 e. The highest BCUT2D eigenvalue weighted by molar-refractivity contribution is 5.81. The Kier molecular flexibility index (Phi) is 7.67. The lowest BCUT2D eigenvalue weighted by Gasteiger charge is -2.12. The van der Waals surface area contributed by atoms with Crippen LogP contribution in [0.5, 0.6) is 11.5 Å². The Labute approximate surface area is 159 Å². The summed E-state index contributed by atoms with van der Waals surface area (Å²) in [5.41, 5.74) is 1.00. The number of alkyl halides is 2. The summed E-state index contributed by atoms with van der Waals surface area (Å²) in [6, 6.07) is 9.71. The second-order valence-electron chi connectivity index (χ2n) is 5.61. The molecule has 28 heavy (non-hydrogen) atoms. The Morgan fingerprint density at radius 2 is 1.86 bits per heavy atom. The molecular formula is C19H18F3NO5. The number of ether oxygens (including phenoxy) is 3. The average molecular weight is 397 g/mol. The number of carbonyl (C=O) groups is 2. The number of amides is 1. The van der Waals surface area contributed by atoms with Crippen molar-refractivity contribution in [2.45, 2.75) is 19.6 Å². The van der Waals surface area contributed by atoms with E-state index in [1.807, 2.05) is 0 Å². The third-order valence-electron chi connectivity index (χ3n) is 3.54. The standard InChI is InChI=1S/C19H18F3NO5/c1-26-16-8-13(5-6-15(16)28-19(21)22)10-23-17(24)11-27-18(25)9-12-3-2-4-14(20)7-12/h2-8,19H,9-11H2,1H3,(H,23,24). The maximum absolute atomic E-state index is 13.1. The number of hydrogen-bond donors (Lipinski definition) is 1. The predicted molar refractivity (Wildman–Crippen MR) is 92.5 cm³/mol. The highest BCUT2D eigenvalue weighted by atomic mass is 19.3. The molecule has 0 heterocycles. The van der Waals surface area contributed by atoms with Crippen molar-refractivity contribution < 1.29 is 37.0 Å². The van der Waals surface area contributed by atoms with E-state index in [0.717, 1.165) is 0 Å². The zero-order valence-electron chi connectivity index (χ0n) is 14.9. The van der Waals surface area contributed by atoms with Gasteiger partial charge in [-0.05, 0) is 35.4 Å². The van der Waals surface area contributed by atoms with Crippen molar-refractivity contribution in [1.82, 2.24) is 5.32 Å². The zero-order valence-corrected chi connectivity index (χ0v) is 14.9. The normalized spacial score (nSPS) is 10.5. The summed E-state index contributed by atoms with van der Waals surface area (Å²) >= 11 is 0. The maximum atomic E-state index is 13.1. The zero-order chi connectivity index (χ0) is 20.5. The van der Waals surface area contributed by atoms with Crippen LogP contribution >= 0.6 is 0 Å². The van der Waals surface area contributed by atoms with Gasteiger partial charge in [-0.3, -0.25) is 9.59 Å². The molecule has 2 rings (SSSR count). The quantitative estimate of drug-likeness (QED) is 0.659. The van der Waals surface area contributed by atoms with Crippen LogP contribution in [0.25, 0.3) is 0 Å². The molecule has 0 fully saturated rings. The lowest BCUT2D eigenvalue weighted by atomic mass is 10.1. The number of halogens is 3. The molecule has 0 unspecified atom stereocenters. The number of rotatable bonds is 9. The van der Waals surface area contributed by atoms with E-state index in [2.05, 4.69) is 10.1 Å². The molecule has 0 bridgehead atoms. The fourth-order valence-corrected chi connectivity index (χ4v) is 2.28. The van der Waals surface area contributed by atoms with Gasteiger partial charge in [-0.25, -0.2) is 4.39 Å². The fourth-order valence-electron chi connectivity index (χ4n) is 2.28. The summed E-state index contributed by atoms with van der Waals surface area (Å²) in [7, 11) is 1.30. The number of hydrogen-bond acceptors (Lipinski definition) is 5. The second-order valence-corrected chi connectivity index (χ2v) is 5.61. The minimum absolute atomic E-state index is 0.0611. The molecule has 0 saturated carbocycles. The van der Waals surface area contributed by atoms with E-state index in [-0.39, 0.29) is 24.5 Å². The molecule has 1 N–H and O–H groups in total. The number of carbonyl (C=O) groups excluding carboxylic acids is 2. The summed E-state index contributed by atoms with van der Waals surface area (Å²) in [5, 5.41) is 2.52. The highest BCUT2D eigenvalue weighted by Crippen LogP contribution is 2.29. The third kappa shape index (κ3) is 6.82. The van der Waals surface area contributed by atoms with E-state index in [0.29, 0.717) is 11.1 Å². The van der Waals surface area contributed by atoms with Crippen molar-refractivity contribution >= 4 is 11.9 Å². The van der Waals surface area contributed by atoms with Crippen LogP contribution in [0.4, 0.5) is 13.2 Å². The third-order valence-corrected chi connectivity index (χ3v) is 3.54. The summed E-state index contributed by atoms with van der Waals surface area (Å²) in [5.74, 6) is -1.73. The molecule has 9 heteroatoms. The Balaban J connectivity index is 1.79. The first-order valence-electron chi connectivity index (χ1n) is 8.16. The molecule has 2 aromatic rings. The number of benzene rings is 2. The van der Waals surface area contributed by atoms with Crippen LogP contribution in [-0.4, -0.2) is 32.2 Å². The minimum atomic E-state index is -2.98. The molecule has 0 aliphatic carbocycles. The summed E-state index contributed by atoms with van der Waals surface area (Å²) in [4.78, 5) is 23.5. The summed E-state index contributed by atoms with van der Waals surface area (Å²) in [6.07, 6.45) is -0.159. The minimum Gasteiger partial charge on any atom is -0.493 e. The van der Waals surface area contributed by atoms with Gasteiger partial charge < -0.3 is 19.5 Å². The van der Waals surface area contributed by atoms with Gasteiger partial charge in [0.15, 0.2) is 18.1 Å². The molecule has 0 aromatic heterocycles. The van der Waals surface area contributed by atoms with Crippen LogP contribution < -0.4 is 14.8 Å². The summed E-state index contributed by atoms with van der Waals surface area (Å²) in [6.45, 7) is -3.43. The van der Waals surface area contributed by atoms with Gasteiger partial charge in [0.25, 0.3) is 5.91 Å². The molecule has 2 aromatic carbocycles. The van der Waals surface area contributed by atoms with Crippen molar-refractivity contribution in [3.8, 4) is 11.5 Å². The number of nitrogens with one attached hydrogen (secondary N) is 1. The van der Waals surface area contributed by atoms with Crippen molar-refractivity contribution in [1.29, 1.82) is 0 Å². The summed E-state index contributed by atoms with van der Waals surface area (Å²) < 4.78 is 51.8. The van der Waals surface area contributed by atoms with Crippen LogP contribution in [0.2, 0.25) is 0 Å². The van der Waals surface area contributed by atoms with E-state index < -0.39 is 30.9 Å². The maximum Gasteiger partial charge on any atom is 0.387 e. The van der Waals surface area contributed by atoms with E-state index >= 15 is 0 Å². The number of esters is 1. The first kappa shape index (κ1) is 21.1. The molecule has 0 atom stereocenters. The van der Waals surface area contributed by atoms with Gasteiger partial charge in [0, 0.05) is 6.54 Å². The molecule has 6 nitrogen and oxygen atoms in total. The van der Waals surface area contributed by atoms with Gasteiger partial charge in [-0.2, -0.15) is 8.78 Å². The van der Waals surface area contributed by atoms with Gasteiger partial charge >= 0.3 is 12.6 Å². The molecule has 0 spiro atoms. The lowest BCUT2D eigenvalue weighted by molar-refractivity contribution is -0.147. The SMILES string of the molecule is COc1cc(CNC(=O)COC(=O)Cc2cccc(F)c2)ccc1OC(F)F.